The molecule has 0 radical (unpaired) electrons. The van der Waals surface area contributed by atoms with Gasteiger partial charge in [-0.1, -0.05) is 25.4 Å². The lowest BCUT2D eigenvalue weighted by molar-refractivity contribution is 0.0939. The third-order valence-electron chi connectivity index (χ3n) is 2.29. The van der Waals surface area contributed by atoms with Crippen LogP contribution in [0.1, 0.15) is 29.8 Å². The van der Waals surface area contributed by atoms with Crippen LogP contribution in [-0.2, 0) is 0 Å². The lowest BCUT2D eigenvalue weighted by atomic mass is 9.97. The van der Waals surface area contributed by atoms with E-state index in [4.69, 9.17) is 16.3 Å². The van der Waals surface area contributed by atoms with Gasteiger partial charge in [-0.3, -0.25) is 4.79 Å². The van der Waals surface area contributed by atoms with E-state index in [1.165, 1.54) is 0 Å². The van der Waals surface area contributed by atoms with E-state index in [0.29, 0.717) is 16.3 Å². The molecular formula is C12H15ClO2. The highest BCUT2D eigenvalue weighted by Gasteiger charge is 2.15. The molecule has 0 fully saturated rings. The third-order valence-corrected chi connectivity index (χ3v) is 2.58. The van der Waals surface area contributed by atoms with E-state index in [2.05, 4.69) is 0 Å². The second kappa shape index (κ2) is 4.67. The van der Waals surface area contributed by atoms with E-state index in [-0.39, 0.29) is 11.7 Å². The minimum absolute atomic E-state index is 0.0202. The molecule has 0 aliphatic rings. The van der Waals surface area contributed by atoms with Crippen LogP contribution in [0.4, 0.5) is 0 Å². The predicted molar refractivity (Wildman–Crippen MR) is 61.9 cm³/mol. The lowest BCUT2D eigenvalue weighted by Crippen LogP contribution is -2.09. The van der Waals surface area contributed by atoms with E-state index in [1.54, 1.807) is 19.2 Å². The fourth-order valence-electron chi connectivity index (χ4n) is 1.39. The summed E-state index contributed by atoms with van der Waals surface area (Å²) in [4.78, 5) is 11.8. The Labute approximate surface area is 95.2 Å². The molecule has 0 atom stereocenters. The van der Waals surface area contributed by atoms with Gasteiger partial charge in [-0.05, 0) is 24.6 Å². The summed E-state index contributed by atoms with van der Waals surface area (Å²) in [6.07, 6.45) is 0. The van der Waals surface area contributed by atoms with Crippen molar-refractivity contribution in [3.63, 3.8) is 0 Å². The zero-order valence-electron chi connectivity index (χ0n) is 9.43. The molecule has 2 nitrogen and oxygen atoms in total. The summed E-state index contributed by atoms with van der Waals surface area (Å²) < 4.78 is 5.08. The second-order valence-electron chi connectivity index (χ2n) is 3.82. The van der Waals surface area contributed by atoms with Crippen LogP contribution in [0.5, 0.6) is 5.75 Å². The van der Waals surface area contributed by atoms with Crippen LogP contribution in [0.25, 0.3) is 0 Å². The Hall–Kier alpha value is -1.02. The van der Waals surface area contributed by atoms with Crippen molar-refractivity contribution in [2.75, 3.05) is 7.11 Å². The summed E-state index contributed by atoms with van der Waals surface area (Å²) in [7, 11) is 1.56. The molecule has 0 spiro atoms. The van der Waals surface area contributed by atoms with Gasteiger partial charge in [-0.15, -0.1) is 0 Å². The second-order valence-corrected chi connectivity index (χ2v) is 4.23. The maximum absolute atomic E-state index is 11.8. The number of benzene rings is 1. The number of hydrogen-bond acceptors (Lipinski definition) is 2. The first kappa shape index (κ1) is 12.1. The molecular weight excluding hydrogens is 212 g/mol. The SMILES string of the molecule is COc1cc(C)c(C(=O)C(C)C)cc1Cl. The molecule has 0 amide bonds. The minimum atomic E-state index is -0.0202. The third kappa shape index (κ3) is 2.51. The van der Waals surface area contributed by atoms with Gasteiger partial charge >= 0.3 is 0 Å². The van der Waals surface area contributed by atoms with Crippen LogP contribution < -0.4 is 4.74 Å². The van der Waals surface area contributed by atoms with E-state index in [0.717, 1.165) is 5.56 Å². The topological polar surface area (TPSA) is 26.3 Å². The van der Waals surface area contributed by atoms with Crippen LogP contribution in [0.2, 0.25) is 5.02 Å². The first-order valence-electron chi connectivity index (χ1n) is 4.85. The quantitative estimate of drug-likeness (QED) is 0.738. The maximum atomic E-state index is 11.8. The largest absolute Gasteiger partial charge is 0.495 e. The van der Waals surface area contributed by atoms with E-state index in [9.17, 15) is 4.79 Å². The van der Waals surface area contributed by atoms with Crippen molar-refractivity contribution in [3.8, 4) is 5.75 Å². The number of hydrogen-bond donors (Lipinski definition) is 0. The van der Waals surface area contributed by atoms with Crippen molar-refractivity contribution in [3.05, 3.63) is 28.3 Å². The smallest absolute Gasteiger partial charge is 0.165 e. The summed E-state index contributed by atoms with van der Waals surface area (Å²) in [5.74, 6) is 0.694. The monoisotopic (exact) mass is 226 g/mol. The van der Waals surface area contributed by atoms with Gasteiger partial charge in [0.1, 0.15) is 5.75 Å². The van der Waals surface area contributed by atoms with Gasteiger partial charge in [-0.25, -0.2) is 0 Å². The number of rotatable bonds is 3. The minimum Gasteiger partial charge on any atom is -0.495 e. The maximum Gasteiger partial charge on any atom is 0.165 e. The van der Waals surface area contributed by atoms with Crippen molar-refractivity contribution in [2.45, 2.75) is 20.8 Å². The highest BCUT2D eigenvalue weighted by atomic mass is 35.5. The highest BCUT2D eigenvalue weighted by Crippen LogP contribution is 2.28. The molecule has 0 N–H and O–H groups in total. The molecule has 1 aromatic carbocycles. The van der Waals surface area contributed by atoms with E-state index >= 15 is 0 Å². The van der Waals surface area contributed by atoms with Gasteiger partial charge < -0.3 is 4.74 Å². The molecule has 0 saturated heterocycles. The van der Waals surface area contributed by atoms with Crippen molar-refractivity contribution < 1.29 is 9.53 Å². The van der Waals surface area contributed by atoms with Gasteiger partial charge in [-0.2, -0.15) is 0 Å². The van der Waals surface area contributed by atoms with Gasteiger partial charge in [0.25, 0.3) is 0 Å². The Morgan fingerprint density at radius 2 is 2.00 bits per heavy atom. The molecule has 0 aliphatic carbocycles. The molecule has 0 aromatic heterocycles. The summed E-state index contributed by atoms with van der Waals surface area (Å²) in [6.45, 7) is 5.63. The molecule has 0 heterocycles. The summed E-state index contributed by atoms with van der Waals surface area (Å²) in [5, 5.41) is 0.479. The number of Topliss-reactive ketones (excluding diaryl/α,β-unsaturated/α-hetero) is 1. The average molecular weight is 227 g/mol. The average Bonchev–Trinajstić information content (AvgIpc) is 2.19. The highest BCUT2D eigenvalue weighted by molar-refractivity contribution is 6.32. The van der Waals surface area contributed by atoms with Crippen LogP contribution in [0.15, 0.2) is 12.1 Å². The zero-order chi connectivity index (χ0) is 11.6. The number of methoxy groups -OCH3 is 1. The fraction of sp³-hybridized carbons (Fsp3) is 0.417. The van der Waals surface area contributed by atoms with Crippen molar-refractivity contribution in [1.82, 2.24) is 0 Å². The molecule has 1 rings (SSSR count). The van der Waals surface area contributed by atoms with Crippen LogP contribution >= 0.6 is 11.6 Å². The van der Waals surface area contributed by atoms with Crippen LogP contribution in [0.3, 0.4) is 0 Å². The Morgan fingerprint density at radius 3 is 2.47 bits per heavy atom. The fourth-order valence-corrected chi connectivity index (χ4v) is 1.63. The van der Waals surface area contributed by atoms with Gasteiger partial charge in [0, 0.05) is 11.5 Å². The molecule has 3 heteroatoms. The molecule has 0 saturated carbocycles. The Kier molecular flexibility index (Phi) is 3.75. The first-order valence-corrected chi connectivity index (χ1v) is 5.23. The first-order chi connectivity index (χ1) is 6.97. The number of carbonyl (C=O) groups is 1. The number of ether oxygens (including phenoxy) is 1. The van der Waals surface area contributed by atoms with Crippen LogP contribution in [-0.4, -0.2) is 12.9 Å². The predicted octanol–water partition coefficient (Wildman–Crippen LogP) is 3.50. The van der Waals surface area contributed by atoms with Crippen molar-refractivity contribution in [2.24, 2.45) is 5.92 Å². The molecule has 0 unspecified atom stereocenters. The molecule has 82 valence electrons. The normalized spacial score (nSPS) is 10.5. The van der Waals surface area contributed by atoms with E-state index in [1.807, 2.05) is 20.8 Å². The Balaban J connectivity index is 3.22. The number of ketones is 1. The number of halogens is 1. The Bertz CT molecular complexity index is 383. The summed E-state index contributed by atoms with van der Waals surface area (Å²) in [6, 6.07) is 3.47. The van der Waals surface area contributed by atoms with Gasteiger partial charge in [0.05, 0.1) is 12.1 Å². The van der Waals surface area contributed by atoms with E-state index < -0.39 is 0 Å². The van der Waals surface area contributed by atoms with Crippen LogP contribution in [0, 0.1) is 12.8 Å². The number of carbonyl (C=O) groups excluding carboxylic acids is 1. The van der Waals surface area contributed by atoms with Crippen molar-refractivity contribution >= 4 is 17.4 Å². The molecule has 0 aliphatic heterocycles. The van der Waals surface area contributed by atoms with Crippen molar-refractivity contribution in [1.29, 1.82) is 0 Å². The Morgan fingerprint density at radius 1 is 1.40 bits per heavy atom. The molecule has 0 bridgehead atoms. The standard InChI is InChI=1S/C12H15ClO2/c1-7(2)12(14)9-6-10(13)11(15-4)5-8(9)3/h5-7H,1-4H3. The number of aryl methyl sites for hydroxylation is 1. The van der Waals surface area contributed by atoms with Gasteiger partial charge in [0.2, 0.25) is 0 Å². The molecule has 1 aromatic rings. The lowest BCUT2D eigenvalue weighted by Gasteiger charge is -2.11. The molecule has 15 heavy (non-hydrogen) atoms. The van der Waals surface area contributed by atoms with Gasteiger partial charge in [0.15, 0.2) is 5.78 Å². The zero-order valence-corrected chi connectivity index (χ0v) is 10.2. The summed E-state index contributed by atoms with van der Waals surface area (Å²) in [5.41, 5.74) is 1.57. The summed E-state index contributed by atoms with van der Waals surface area (Å²) >= 11 is 5.97.